The molecule has 0 radical (unpaired) electrons. The number of nitrogens with one attached hydrogen (secondary N) is 1. The van der Waals surface area contributed by atoms with Gasteiger partial charge in [-0.25, -0.2) is 4.68 Å². The topological polar surface area (TPSA) is 73.0 Å². The van der Waals surface area contributed by atoms with E-state index in [0.717, 1.165) is 6.42 Å². The van der Waals surface area contributed by atoms with E-state index < -0.39 is 0 Å². The summed E-state index contributed by atoms with van der Waals surface area (Å²) in [6, 6.07) is 0.176. The molecule has 2 atom stereocenters. The molecule has 18 heavy (non-hydrogen) atoms. The van der Waals surface area contributed by atoms with Gasteiger partial charge in [-0.1, -0.05) is 20.3 Å². The molecule has 0 aliphatic carbocycles. The van der Waals surface area contributed by atoms with E-state index in [1.54, 1.807) is 11.6 Å². The van der Waals surface area contributed by atoms with Crippen molar-refractivity contribution in [1.82, 2.24) is 9.78 Å². The highest BCUT2D eigenvalue weighted by Crippen LogP contribution is 2.29. The van der Waals surface area contributed by atoms with Crippen LogP contribution in [0.1, 0.15) is 39.8 Å². The molecule has 1 aromatic heterocycles. The fraction of sp³-hybridized carbons (Fsp3) is 0.750. The molecule has 0 fully saturated rings. The van der Waals surface area contributed by atoms with E-state index in [0.29, 0.717) is 24.0 Å². The van der Waals surface area contributed by atoms with Crippen LogP contribution in [0.4, 0.5) is 11.5 Å². The molecule has 0 bridgehead atoms. The summed E-state index contributed by atoms with van der Waals surface area (Å²) in [6.45, 7) is 10.5. The molecule has 0 amide bonds. The molecule has 1 N–H and O–H groups in total. The molecule has 102 valence electrons. The van der Waals surface area contributed by atoms with Crippen molar-refractivity contribution in [2.24, 2.45) is 5.92 Å². The predicted octanol–water partition coefficient (Wildman–Crippen LogP) is 2.97. The second-order valence-electron chi connectivity index (χ2n) is 4.67. The third-order valence-corrected chi connectivity index (χ3v) is 3.44. The Kier molecular flexibility index (Phi) is 4.69. The molecule has 2 unspecified atom stereocenters. The summed E-state index contributed by atoms with van der Waals surface area (Å²) in [5.74, 6) is 0.970. The molecule has 6 heteroatoms. The van der Waals surface area contributed by atoms with E-state index >= 15 is 0 Å². The van der Waals surface area contributed by atoms with E-state index in [9.17, 15) is 10.1 Å². The van der Waals surface area contributed by atoms with Crippen LogP contribution in [0.3, 0.4) is 0 Å². The lowest BCUT2D eigenvalue weighted by molar-refractivity contribution is -0.384. The summed E-state index contributed by atoms with van der Waals surface area (Å²) in [4.78, 5) is 10.7. The first kappa shape index (κ1) is 14.5. The van der Waals surface area contributed by atoms with Crippen molar-refractivity contribution in [2.75, 3.05) is 5.32 Å². The summed E-state index contributed by atoms with van der Waals surface area (Å²) in [5.41, 5.74) is 0.549. The van der Waals surface area contributed by atoms with Gasteiger partial charge in [0.25, 0.3) is 0 Å². The number of hydrogen-bond donors (Lipinski definition) is 1. The Bertz CT molecular complexity index is 428. The van der Waals surface area contributed by atoms with Gasteiger partial charge in [-0.3, -0.25) is 10.1 Å². The van der Waals surface area contributed by atoms with Crippen molar-refractivity contribution >= 4 is 11.5 Å². The van der Waals surface area contributed by atoms with Gasteiger partial charge in [0.05, 0.1) is 4.92 Å². The van der Waals surface area contributed by atoms with Crippen molar-refractivity contribution in [1.29, 1.82) is 0 Å². The summed E-state index contributed by atoms with van der Waals surface area (Å²) in [6.07, 6.45) is 1.03. The lowest BCUT2D eigenvalue weighted by Crippen LogP contribution is -2.25. The highest BCUT2D eigenvalue weighted by Gasteiger charge is 2.26. The zero-order chi connectivity index (χ0) is 13.9. The van der Waals surface area contributed by atoms with Crippen LogP contribution in [0.5, 0.6) is 0 Å². The maximum atomic E-state index is 11.1. The van der Waals surface area contributed by atoms with Gasteiger partial charge in [0, 0.05) is 12.6 Å². The lowest BCUT2D eigenvalue weighted by Gasteiger charge is -2.20. The predicted molar refractivity (Wildman–Crippen MR) is 71.8 cm³/mol. The Morgan fingerprint density at radius 2 is 2.06 bits per heavy atom. The van der Waals surface area contributed by atoms with Crippen molar-refractivity contribution in [3.05, 3.63) is 15.8 Å². The zero-order valence-corrected chi connectivity index (χ0v) is 11.7. The number of hydrogen-bond acceptors (Lipinski definition) is 4. The number of nitrogens with zero attached hydrogens (tertiary/aromatic N) is 3. The van der Waals surface area contributed by atoms with Gasteiger partial charge in [-0.2, -0.15) is 5.10 Å². The largest absolute Gasteiger partial charge is 0.362 e. The molecular formula is C12H22N4O2. The van der Waals surface area contributed by atoms with Gasteiger partial charge in [-0.05, 0) is 26.7 Å². The van der Waals surface area contributed by atoms with Crippen LogP contribution in [-0.2, 0) is 6.54 Å². The minimum atomic E-state index is -0.361. The smallest absolute Gasteiger partial charge is 0.333 e. The van der Waals surface area contributed by atoms with E-state index in [4.69, 9.17) is 0 Å². The van der Waals surface area contributed by atoms with Gasteiger partial charge >= 0.3 is 5.69 Å². The van der Waals surface area contributed by atoms with Crippen LogP contribution in [0, 0.1) is 23.0 Å². The van der Waals surface area contributed by atoms with Crippen LogP contribution in [0.2, 0.25) is 0 Å². The SMILES string of the molecule is CCC(C)C(C)Nc1c([N+](=O)[O-])c(C)nn1CC. The minimum absolute atomic E-state index is 0.0898. The number of anilines is 1. The average Bonchev–Trinajstić information content (AvgIpc) is 2.64. The van der Waals surface area contributed by atoms with Gasteiger partial charge in [0.1, 0.15) is 5.69 Å². The summed E-state index contributed by atoms with van der Waals surface area (Å²) < 4.78 is 1.66. The van der Waals surface area contributed by atoms with E-state index in [2.05, 4.69) is 24.3 Å². The van der Waals surface area contributed by atoms with Gasteiger partial charge < -0.3 is 5.32 Å². The molecule has 0 aliphatic rings. The van der Waals surface area contributed by atoms with E-state index in [1.807, 2.05) is 13.8 Å². The van der Waals surface area contributed by atoms with E-state index in [1.165, 1.54) is 0 Å². The second kappa shape index (κ2) is 5.84. The first-order chi connectivity index (χ1) is 8.42. The summed E-state index contributed by atoms with van der Waals surface area (Å²) in [7, 11) is 0. The molecule has 1 rings (SSSR count). The van der Waals surface area contributed by atoms with Gasteiger partial charge in [-0.15, -0.1) is 0 Å². The summed E-state index contributed by atoms with van der Waals surface area (Å²) in [5, 5.41) is 18.5. The monoisotopic (exact) mass is 254 g/mol. The molecule has 0 aromatic carbocycles. The van der Waals surface area contributed by atoms with Crippen LogP contribution in [0.25, 0.3) is 0 Å². The Hall–Kier alpha value is -1.59. The van der Waals surface area contributed by atoms with Crippen molar-refractivity contribution in [3.8, 4) is 0 Å². The highest BCUT2D eigenvalue weighted by atomic mass is 16.6. The lowest BCUT2D eigenvalue weighted by atomic mass is 10.0. The first-order valence-electron chi connectivity index (χ1n) is 6.40. The Labute approximate surface area is 108 Å². The van der Waals surface area contributed by atoms with Crippen LogP contribution < -0.4 is 5.32 Å². The van der Waals surface area contributed by atoms with Crippen LogP contribution in [-0.4, -0.2) is 20.7 Å². The van der Waals surface area contributed by atoms with Crippen molar-refractivity contribution in [3.63, 3.8) is 0 Å². The van der Waals surface area contributed by atoms with Gasteiger partial charge in [0.15, 0.2) is 0 Å². The third kappa shape index (κ3) is 2.80. The molecule has 1 aromatic rings. The highest BCUT2D eigenvalue weighted by molar-refractivity contribution is 5.60. The number of nitro groups is 1. The normalized spacial score (nSPS) is 14.3. The molecule has 0 saturated carbocycles. The molecule has 0 spiro atoms. The summed E-state index contributed by atoms with van der Waals surface area (Å²) >= 11 is 0. The number of rotatable bonds is 6. The maximum absolute atomic E-state index is 11.1. The molecule has 6 nitrogen and oxygen atoms in total. The number of aromatic nitrogens is 2. The molecule has 1 heterocycles. The Balaban J connectivity index is 3.09. The van der Waals surface area contributed by atoms with Gasteiger partial charge in [0.2, 0.25) is 5.82 Å². The standard InChI is InChI=1S/C12H22N4O2/c1-6-8(3)9(4)13-12-11(16(17)18)10(5)14-15(12)7-2/h8-9,13H,6-7H2,1-5H3. The molecular weight excluding hydrogens is 232 g/mol. The van der Waals surface area contributed by atoms with Crippen LogP contribution in [0.15, 0.2) is 0 Å². The maximum Gasteiger partial charge on any atom is 0.333 e. The van der Waals surface area contributed by atoms with Crippen molar-refractivity contribution in [2.45, 2.75) is 53.6 Å². The van der Waals surface area contributed by atoms with Crippen molar-refractivity contribution < 1.29 is 4.92 Å². The second-order valence-corrected chi connectivity index (χ2v) is 4.67. The third-order valence-electron chi connectivity index (χ3n) is 3.44. The van der Waals surface area contributed by atoms with E-state index in [-0.39, 0.29) is 16.7 Å². The Morgan fingerprint density at radius 1 is 1.44 bits per heavy atom. The average molecular weight is 254 g/mol. The fourth-order valence-electron chi connectivity index (χ4n) is 1.87. The fourth-order valence-corrected chi connectivity index (χ4v) is 1.87. The minimum Gasteiger partial charge on any atom is -0.362 e. The molecule has 0 saturated heterocycles. The first-order valence-corrected chi connectivity index (χ1v) is 6.40. The molecule has 0 aliphatic heterocycles. The Morgan fingerprint density at radius 3 is 2.50 bits per heavy atom. The quantitative estimate of drug-likeness (QED) is 0.625. The zero-order valence-electron chi connectivity index (χ0n) is 11.7. The number of aryl methyl sites for hydroxylation is 2. The van der Waals surface area contributed by atoms with Crippen LogP contribution >= 0.6 is 0 Å².